The van der Waals surface area contributed by atoms with Crippen molar-refractivity contribution in [1.29, 1.82) is 0 Å². The van der Waals surface area contributed by atoms with Crippen molar-refractivity contribution in [2.24, 2.45) is 0 Å². The number of nitrogens with one attached hydrogen (secondary N) is 1. The highest BCUT2D eigenvalue weighted by Crippen LogP contribution is 2.20. The van der Waals surface area contributed by atoms with E-state index in [0.717, 1.165) is 0 Å². The molecule has 27 heavy (non-hydrogen) atoms. The molecule has 1 N–H and O–H groups in total. The van der Waals surface area contributed by atoms with Gasteiger partial charge in [0.2, 0.25) is 5.91 Å². The Bertz CT molecular complexity index is 913. The molecule has 3 rings (SSSR count). The minimum atomic E-state index is -2.93. The largest absolute Gasteiger partial charge is 0.359 e. The quantitative estimate of drug-likeness (QED) is 0.766. The third-order valence-electron chi connectivity index (χ3n) is 4.66. The molecule has 1 amide bonds. The average molecular weight is 395 g/mol. The molecule has 2 aromatic rings. The Morgan fingerprint density at radius 1 is 1.41 bits per heavy atom. The fourth-order valence-electron chi connectivity index (χ4n) is 3.04. The van der Waals surface area contributed by atoms with Gasteiger partial charge in [-0.2, -0.15) is 0 Å². The molecular weight excluding hydrogens is 373 g/mol. The Kier molecular flexibility index (Phi) is 5.91. The molecule has 146 valence electrons. The predicted molar refractivity (Wildman–Crippen MR) is 98.0 cm³/mol. The van der Waals surface area contributed by atoms with Crippen LogP contribution in [0.1, 0.15) is 18.6 Å². The summed E-state index contributed by atoms with van der Waals surface area (Å²) >= 11 is 0. The first-order valence-corrected chi connectivity index (χ1v) is 10.5. The van der Waals surface area contributed by atoms with Crippen LogP contribution in [0.5, 0.6) is 0 Å². The van der Waals surface area contributed by atoms with Crippen molar-refractivity contribution in [3.63, 3.8) is 0 Å². The van der Waals surface area contributed by atoms with Crippen molar-refractivity contribution in [1.82, 2.24) is 15.4 Å². The van der Waals surface area contributed by atoms with Crippen molar-refractivity contribution in [3.05, 3.63) is 41.9 Å². The molecule has 1 fully saturated rings. The minimum absolute atomic E-state index is 0.0223. The second-order valence-electron chi connectivity index (χ2n) is 6.75. The lowest BCUT2D eigenvalue weighted by Crippen LogP contribution is -2.36. The number of nitrogens with zero attached hydrogens (tertiary/aromatic N) is 2. The van der Waals surface area contributed by atoms with Gasteiger partial charge in [-0.15, -0.1) is 0 Å². The minimum Gasteiger partial charge on any atom is -0.359 e. The van der Waals surface area contributed by atoms with E-state index in [2.05, 4.69) is 10.5 Å². The SMILES string of the molecule is CN(CCC(=O)NCc1cc(-c2cccc(F)c2)no1)[C@@H]1CCS(=O)(=O)C1. The topological polar surface area (TPSA) is 92.5 Å². The molecule has 1 atom stereocenters. The molecule has 0 unspecified atom stereocenters. The summed E-state index contributed by atoms with van der Waals surface area (Å²) in [5, 5.41) is 6.63. The summed E-state index contributed by atoms with van der Waals surface area (Å²) in [5.41, 5.74) is 1.10. The third kappa shape index (κ3) is 5.36. The van der Waals surface area contributed by atoms with Gasteiger partial charge >= 0.3 is 0 Å². The summed E-state index contributed by atoms with van der Waals surface area (Å²) in [6, 6.07) is 7.66. The number of carbonyl (C=O) groups is 1. The normalized spacial score (nSPS) is 18.7. The number of carbonyl (C=O) groups excluding carboxylic acids is 1. The molecule has 0 saturated carbocycles. The molecule has 1 aromatic heterocycles. The molecular formula is C18H22FN3O4S. The number of amides is 1. The zero-order valence-corrected chi connectivity index (χ0v) is 15.8. The molecule has 1 aliphatic heterocycles. The Hall–Kier alpha value is -2.26. The third-order valence-corrected chi connectivity index (χ3v) is 6.41. The van der Waals surface area contributed by atoms with Gasteiger partial charge in [0.1, 0.15) is 11.5 Å². The van der Waals surface area contributed by atoms with Crippen molar-refractivity contribution >= 4 is 15.7 Å². The number of hydrogen-bond donors (Lipinski definition) is 1. The second-order valence-corrected chi connectivity index (χ2v) is 8.98. The van der Waals surface area contributed by atoms with Gasteiger partial charge in [0.25, 0.3) is 0 Å². The lowest BCUT2D eigenvalue weighted by atomic mass is 10.1. The van der Waals surface area contributed by atoms with Crippen molar-refractivity contribution < 1.29 is 22.1 Å². The zero-order chi connectivity index (χ0) is 19.4. The van der Waals surface area contributed by atoms with Crippen LogP contribution in [0.25, 0.3) is 11.3 Å². The molecule has 2 heterocycles. The van der Waals surface area contributed by atoms with Crippen LogP contribution in [-0.2, 0) is 21.2 Å². The van der Waals surface area contributed by atoms with Gasteiger partial charge in [-0.05, 0) is 25.6 Å². The first-order valence-electron chi connectivity index (χ1n) is 8.71. The van der Waals surface area contributed by atoms with E-state index < -0.39 is 9.84 Å². The van der Waals surface area contributed by atoms with Gasteiger partial charge in [0, 0.05) is 30.6 Å². The average Bonchev–Trinajstić information content (AvgIpc) is 3.24. The van der Waals surface area contributed by atoms with Gasteiger partial charge in [-0.3, -0.25) is 4.79 Å². The number of sulfone groups is 1. The summed E-state index contributed by atoms with van der Waals surface area (Å²) in [6.07, 6.45) is 0.874. The van der Waals surface area contributed by atoms with Gasteiger partial charge in [0.15, 0.2) is 15.6 Å². The van der Waals surface area contributed by atoms with Crippen LogP contribution >= 0.6 is 0 Å². The van der Waals surface area contributed by atoms with E-state index in [0.29, 0.717) is 30.0 Å². The molecule has 0 spiro atoms. The monoisotopic (exact) mass is 395 g/mol. The number of benzene rings is 1. The van der Waals surface area contributed by atoms with Crippen molar-refractivity contribution in [2.75, 3.05) is 25.1 Å². The summed E-state index contributed by atoms with van der Waals surface area (Å²) in [7, 11) is -1.10. The molecule has 1 aliphatic rings. The van der Waals surface area contributed by atoms with Crippen LogP contribution in [0.4, 0.5) is 4.39 Å². The van der Waals surface area contributed by atoms with Gasteiger partial charge in [0.05, 0.1) is 18.1 Å². The summed E-state index contributed by atoms with van der Waals surface area (Å²) in [6.45, 7) is 0.666. The lowest BCUT2D eigenvalue weighted by Gasteiger charge is -2.22. The van der Waals surface area contributed by atoms with E-state index in [4.69, 9.17) is 4.52 Å². The highest BCUT2D eigenvalue weighted by Gasteiger charge is 2.30. The number of halogens is 1. The first kappa shape index (κ1) is 19.5. The summed E-state index contributed by atoms with van der Waals surface area (Å²) in [4.78, 5) is 13.9. The fraction of sp³-hybridized carbons (Fsp3) is 0.444. The maximum absolute atomic E-state index is 13.3. The maximum Gasteiger partial charge on any atom is 0.221 e. The van der Waals surface area contributed by atoms with E-state index >= 15 is 0 Å². The predicted octanol–water partition coefficient (Wildman–Crippen LogP) is 1.61. The number of hydrogen-bond acceptors (Lipinski definition) is 6. The Morgan fingerprint density at radius 3 is 2.93 bits per heavy atom. The van der Waals surface area contributed by atoms with E-state index in [1.54, 1.807) is 18.2 Å². The number of aromatic nitrogens is 1. The van der Waals surface area contributed by atoms with Crippen molar-refractivity contribution in [3.8, 4) is 11.3 Å². The molecule has 0 radical (unpaired) electrons. The molecule has 1 saturated heterocycles. The first-order chi connectivity index (χ1) is 12.8. The summed E-state index contributed by atoms with van der Waals surface area (Å²) in [5.74, 6) is 0.327. The fourth-order valence-corrected chi connectivity index (χ4v) is 4.84. The van der Waals surface area contributed by atoms with Crippen molar-refractivity contribution in [2.45, 2.75) is 25.4 Å². The smallest absolute Gasteiger partial charge is 0.221 e. The van der Waals surface area contributed by atoms with E-state index in [9.17, 15) is 17.6 Å². The van der Waals surface area contributed by atoms with Crippen LogP contribution in [0.15, 0.2) is 34.9 Å². The van der Waals surface area contributed by atoms with Gasteiger partial charge in [-0.1, -0.05) is 17.3 Å². The van der Waals surface area contributed by atoms with Crippen LogP contribution in [0.2, 0.25) is 0 Å². The van der Waals surface area contributed by atoms with Crippen LogP contribution in [-0.4, -0.2) is 55.5 Å². The second kappa shape index (κ2) is 8.18. The van der Waals surface area contributed by atoms with E-state index in [1.807, 2.05) is 11.9 Å². The maximum atomic E-state index is 13.3. The van der Waals surface area contributed by atoms with Gasteiger partial charge < -0.3 is 14.7 Å². The molecule has 0 aliphatic carbocycles. The van der Waals surface area contributed by atoms with E-state index in [1.165, 1.54) is 12.1 Å². The molecule has 7 nitrogen and oxygen atoms in total. The van der Waals surface area contributed by atoms with E-state index in [-0.39, 0.29) is 42.2 Å². The standard InChI is InChI=1S/C18H22FN3O4S/c1-22(15-6-8-27(24,25)12-15)7-5-18(23)20-11-16-10-17(21-26-16)13-3-2-4-14(19)9-13/h2-4,9-10,15H,5-8,11-12H2,1H3,(H,20,23)/t15-/m1/s1. The van der Waals surface area contributed by atoms with Crippen LogP contribution < -0.4 is 5.32 Å². The summed E-state index contributed by atoms with van der Waals surface area (Å²) < 4.78 is 41.5. The highest BCUT2D eigenvalue weighted by molar-refractivity contribution is 7.91. The molecule has 9 heteroatoms. The molecule has 1 aromatic carbocycles. The zero-order valence-electron chi connectivity index (χ0n) is 15.0. The van der Waals surface area contributed by atoms with Gasteiger partial charge in [-0.25, -0.2) is 12.8 Å². The molecule has 0 bridgehead atoms. The lowest BCUT2D eigenvalue weighted by molar-refractivity contribution is -0.121. The van der Waals surface area contributed by atoms with Crippen LogP contribution in [0, 0.1) is 5.82 Å². The number of rotatable bonds is 7. The van der Waals surface area contributed by atoms with Crippen LogP contribution in [0.3, 0.4) is 0 Å². The highest BCUT2D eigenvalue weighted by atomic mass is 32.2. The Morgan fingerprint density at radius 2 is 2.22 bits per heavy atom. The Labute approximate surface area is 157 Å². The Balaban J connectivity index is 1.44.